The summed E-state index contributed by atoms with van der Waals surface area (Å²) in [5.74, 6) is -0.416. The highest BCUT2D eigenvalue weighted by molar-refractivity contribution is 7.92. The summed E-state index contributed by atoms with van der Waals surface area (Å²) < 4.78 is 57.1. The molecule has 4 aromatic carbocycles. The summed E-state index contributed by atoms with van der Waals surface area (Å²) in [6.45, 7) is -0.833. The first-order chi connectivity index (χ1) is 21.2. The van der Waals surface area contributed by atoms with Crippen LogP contribution in [0.2, 0.25) is 0 Å². The summed E-state index contributed by atoms with van der Waals surface area (Å²) in [6, 6.07) is 24.1. The molecule has 0 aromatic heterocycles. The number of sulfonamides is 1. The number of carbonyl (C=O) groups is 2. The molecule has 44 heavy (non-hydrogen) atoms. The fraction of sp³-hybridized carbons (Fsp3) is 0.129. The summed E-state index contributed by atoms with van der Waals surface area (Å²) in [5.41, 5.74) is 3.58. The Morgan fingerprint density at radius 3 is 2.20 bits per heavy atom. The van der Waals surface area contributed by atoms with Crippen LogP contribution in [0, 0.1) is 5.82 Å². The number of hydrogen-bond acceptors (Lipinski definition) is 8. The molecule has 0 radical (unpaired) electrons. The number of carbonyl (C=O) groups excluding carboxylic acids is 2. The van der Waals surface area contributed by atoms with Crippen molar-refractivity contribution in [3.05, 3.63) is 108 Å². The highest BCUT2D eigenvalue weighted by Crippen LogP contribution is 2.33. The Bertz CT molecular complexity index is 1720. The summed E-state index contributed by atoms with van der Waals surface area (Å²) >= 11 is 0. The van der Waals surface area contributed by atoms with Gasteiger partial charge in [0, 0.05) is 11.8 Å². The fourth-order valence-corrected chi connectivity index (χ4v) is 5.32. The van der Waals surface area contributed by atoms with Gasteiger partial charge in [-0.3, -0.25) is 13.9 Å². The minimum absolute atomic E-state index is 0.00123. The Labute approximate surface area is 253 Å². The molecule has 0 saturated heterocycles. The van der Waals surface area contributed by atoms with Crippen LogP contribution in [-0.2, 0) is 19.6 Å². The topological polar surface area (TPSA) is 136 Å². The number of halogens is 1. The Morgan fingerprint density at radius 1 is 0.864 bits per heavy atom. The summed E-state index contributed by atoms with van der Waals surface area (Å²) in [6.07, 6.45) is 1.37. The standard InChI is InChI=1S/C31H29FN4O7S/c1-41-28-17-14-25(18-29(28)42-2)36(44(39,40)27-6-4-3-5-7-27)20-30(37)35-33-19-22-8-15-26(16-9-22)43-21-31(38)34-24-12-10-23(32)11-13-24/h3-19H,20-21H2,1-2H3,(H,34,38)(H,35,37)/b33-19-. The lowest BCUT2D eigenvalue weighted by molar-refractivity contribution is -0.119. The Kier molecular flexibility index (Phi) is 10.5. The molecule has 228 valence electrons. The smallest absolute Gasteiger partial charge is 0.264 e. The lowest BCUT2D eigenvalue weighted by atomic mass is 10.2. The molecule has 2 N–H and O–H groups in total. The van der Waals surface area contributed by atoms with Gasteiger partial charge in [0.05, 0.1) is 31.0 Å². The van der Waals surface area contributed by atoms with E-state index in [9.17, 15) is 22.4 Å². The first-order valence-corrected chi connectivity index (χ1v) is 14.5. The van der Waals surface area contributed by atoms with E-state index in [-0.39, 0.29) is 22.9 Å². The van der Waals surface area contributed by atoms with Crippen LogP contribution in [-0.4, -0.2) is 53.8 Å². The predicted molar refractivity (Wildman–Crippen MR) is 163 cm³/mol. The van der Waals surface area contributed by atoms with Gasteiger partial charge in [0.25, 0.3) is 21.8 Å². The van der Waals surface area contributed by atoms with Crippen LogP contribution in [0.15, 0.2) is 107 Å². The zero-order chi connectivity index (χ0) is 31.5. The maximum Gasteiger partial charge on any atom is 0.264 e. The number of methoxy groups -OCH3 is 2. The monoisotopic (exact) mass is 620 g/mol. The summed E-state index contributed by atoms with van der Waals surface area (Å²) in [7, 11) is -1.26. The molecular weight excluding hydrogens is 591 g/mol. The second-order valence-electron chi connectivity index (χ2n) is 9.07. The molecule has 2 amide bonds. The van der Waals surface area contributed by atoms with E-state index in [0.29, 0.717) is 22.7 Å². The third kappa shape index (κ3) is 8.32. The molecular formula is C31H29FN4O7S. The van der Waals surface area contributed by atoms with Gasteiger partial charge < -0.3 is 19.5 Å². The van der Waals surface area contributed by atoms with E-state index in [2.05, 4.69) is 15.8 Å². The lowest BCUT2D eigenvalue weighted by Gasteiger charge is -2.24. The number of hydrazone groups is 1. The minimum atomic E-state index is -4.14. The molecule has 4 aromatic rings. The molecule has 0 bridgehead atoms. The Balaban J connectivity index is 1.38. The number of nitrogens with one attached hydrogen (secondary N) is 2. The van der Waals surface area contributed by atoms with Gasteiger partial charge in [-0.1, -0.05) is 18.2 Å². The van der Waals surface area contributed by atoms with Gasteiger partial charge in [0.2, 0.25) is 0 Å². The predicted octanol–water partition coefficient (Wildman–Crippen LogP) is 4.21. The van der Waals surface area contributed by atoms with Crippen molar-refractivity contribution < 1.29 is 36.6 Å². The fourth-order valence-electron chi connectivity index (χ4n) is 3.89. The van der Waals surface area contributed by atoms with E-state index in [4.69, 9.17) is 14.2 Å². The van der Waals surface area contributed by atoms with Crippen molar-refractivity contribution >= 4 is 39.4 Å². The number of amides is 2. The molecule has 0 aliphatic carbocycles. The van der Waals surface area contributed by atoms with Crippen LogP contribution in [0.3, 0.4) is 0 Å². The van der Waals surface area contributed by atoms with Gasteiger partial charge in [0.15, 0.2) is 18.1 Å². The largest absolute Gasteiger partial charge is 0.493 e. The maximum absolute atomic E-state index is 13.5. The van der Waals surface area contributed by atoms with Crippen molar-refractivity contribution in [1.29, 1.82) is 0 Å². The van der Waals surface area contributed by atoms with Crippen molar-refractivity contribution in [3.8, 4) is 17.2 Å². The van der Waals surface area contributed by atoms with Crippen LogP contribution < -0.4 is 29.3 Å². The SMILES string of the molecule is COc1ccc(N(CC(=O)N/N=C\c2ccc(OCC(=O)Nc3ccc(F)cc3)cc2)S(=O)(=O)c2ccccc2)cc1OC. The molecule has 0 saturated carbocycles. The molecule has 0 spiro atoms. The van der Waals surface area contributed by atoms with E-state index >= 15 is 0 Å². The molecule has 0 aliphatic heterocycles. The quantitative estimate of drug-likeness (QED) is 0.169. The Hall–Kier alpha value is -5.43. The second-order valence-corrected chi connectivity index (χ2v) is 10.9. The molecule has 0 atom stereocenters. The van der Waals surface area contributed by atoms with Gasteiger partial charge in [0.1, 0.15) is 18.1 Å². The van der Waals surface area contributed by atoms with Crippen molar-refractivity contribution in [2.75, 3.05) is 37.0 Å². The average Bonchev–Trinajstić information content (AvgIpc) is 3.04. The lowest BCUT2D eigenvalue weighted by Crippen LogP contribution is -2.39. The normalized spacial score (nSPS) is 11.1. The number of hydrogen-bond donors (Lipinski definition) is 2. The van der Waals surface area contributed by atoms with Crippen molar-refractivity contribution in [1.82, 2.24) is 5.43 Å². The number of rotatable bonds is 13. The van der Waals surface area contributed by atoms with Gasteiger partial charge in [-0.2, -0.15) is 5.10 Å². The van der Waals surface area contributed by atoms with Crippen LogP contribution in [0.25, 0.3) is 0 Å². The molecule has 0 fully saturated rings. The molecule has 11 nitrogen and oxygen atoms in total. The second kappa shape index (κ2) is 14.6. The molecule has 0 unspecified atom stereocenters. The van der Waals surface area contributed by atoms with Crippen LogP contribution in [0.1, 0.15) is 5.56 Å². The van der Waals surface area contributed by atoms with E-state index in [1.165, 1.54) is 69.0 Å². The highest BCUT2D eigenvalue weighted by atomic mass is 32.2. The van der Waals surface area contributed by atoms with Crippen LogP contribution in [0.4, 0.5) is 15.8 Å². The van der Waals surface area contributed by atoms with E-state index in [1.807, 2.05) is 0 Å². The highest BCUT2D eigenvalue weighted by Gasteiger charge is 2.28. The maximum atomic E-state index is 13.5. The molecule has 4 rings (SSSR count). The van der Waals surface area contributed by atoms with Crippen LogP contribution in [0.5, 0.6) is 17.2 Å². The van der Waals surface area contributed by atoms with Gasteiger partial charge in [-0.05, 0) is 78.4 Å². The zero-order valence-electron chi connectivity index (χ0n) is 23.8. The Morgan fingerprint density at radius 2 is 1.55 bits per heavy atom. The summed E-state index contributed by atoms with van der Waals surface area (Å²) in [4.78, 5) is 24.9. The van der Waals surface area contributed by atoms with Gasteiger partial charge in [-0.25, -0.2) is 18.2 Å². The van der Waals surface area contributed by atoms with Crippen LogP contribution >= 0.6 is 0 Å². The number of anilines is 2. The number of ether oxygens (including phenoxy) is 3. The first-order valence-electron chi connectivity index (χ1n) is 13.1. The summed E-state index contributed by atoms with van der Waals surface area (Å²) in [5, 5.41) is 6.54. The third-order valence-corrected chi connectivity index (χ3v) is 7.84. The van der Waals surface area contributed by atoms with Gasteiger partial charge >= 0.3 is 0 Å². The molecule has 0 aliphatic rings. The van der Waals surface area contributed by atoms with Crippen molar-refractivity contribution in [3.63, 3.8) is 0 Å². The van der Waals surface area contributed by atoms with Crippen molar-refractivity contribution in [2.24, 2.45) is 5.10 Å². The molecule has 0 heterocycles. The van der Waals surface area contributed by atoms with E-state index in [1.54, 1.807) is 48.5 Å². The number of nitrogens with zero attached hydrogens (tertiary/aromatic N) is 2. The zero-order valence-corrected chi connectivity index (χ0v) is 24.6. The minimum Gasteiger partial charge on any atom is -0.493 e. The van der Waals surface area contributed by atoms with Crippen molar-refractivity contribution in [2.45, 2.75) is 4.90 Å². The first kappa shape index (κ1) is 31.5. The third-order valence-electron chi connectivity index (χ3n) is 6.05. The average molecular weight is 621 g/mol. The molecule has 13 heteroatoms. The van der Waals surface area contributed by atoms with Gasteiger partial charge in [-0.15, -0.1) is 0 Å². The number of benzene rings is 4. The van der Waals surface area contributed by atoms with E-state index in [0.717, 1.165) is 4.31 Å². The van der Waals surface area contributed by atoms with E-state index < -0.39 is 34.2 Å².